The average Bonchev–Trinajstić information content (AvgIpc) is 3.38. The van der Waals surface area contributed by atoms with Gasteiger partial charge in [0.1, 0.15) is 11.3 Å². The molecule has 3 heterocycles. The van der Waals surface area contributed by atoms with Gasteiger partial charge in [-0.1, -0.05) is 24.5 Å². The van der Waals surface area contributed by atoms with Crippen molar-refractivity contribution in [2.75, 3.05) is 18.5 Å². The molecule has 0 atom stereocenters. The van der Waals surface area contributed by atoms with Crippen LogP contribution in [-0.2, 0) is 25.7 Å². The predicted octanol–water partition coefficient (Wildman–Crippen LogP) is 1.57. The van der Waals surface area contributed by atoms with E-state index in [1.165, 1.54) is 0 Å². The van der Waals surface area contributed by atoms with Crippen molar-refractivity contribution in [2.45, 2.75) is 43.5 Å². The highest BCUT2D eigenvalue weighted by Crippen LogP contribution is 2.43. The highest BCUT2D eigenvalue weighted by Gasteiger charge is 2.52. The minimum atomic E-state index is -1.36. The first-order valence-corrected chi connectivity index (χ1v) is 9.00. The average molecular weight is 356 g/mol. The number of nitrogens with zero attached hydrogens (tertiary/aromatic N) is 3. The maximum atomic E-state index is 12.3. The van der Waals surface area contributed by atoms with Crippen LogP contribution < -0.4 is 5.32 Å². The first kappa shape index (κ1) is 15.9. The molecule has 1 saturated heterocycles. The van der Waals surface area contributed by atoms with Crippen LogP contribution in [0.25, 0.3) is 5.69 Å². The van der Waals surface area contributed by atoms with Crippen LogP contribution in [-0.4, -0.2) is 39.2 Å². The smallest absolute Gasteiger partial charge is 0.289 e. The van der Waals surface area contributed by atoms with Gasteiger partial charge in [-0.2, -0.15) is 0 Å². The third-order valence-electron chi connectivity index (χ3n) is 5.51. The molecule has 26 heavy (non-hydrogen) atoms. The molecule has 0 radical (unpaired) electrons. The number of nitrogens with one attached hydrogen (secondary N) is 1. The summed E-state index contributed by atoms with van der Waals surface area (Å²) >= 11 is 0. The van der Waals surface area contributed by atoms with Crippen LogP contribution in [0.2, 0.25) is 0 Å². The highest BCUT2D eigenvalue weighted by atomic mass is 16.7. The predicted molar refractivity (Wildman–Crippen MR) is 90.6 cm³/mol. The summed E-state index contributed by atoms with van der Waals surface area (Å²) in [6.07, 6.45) is 6.31. The molecule has 0 bridgehead atoms. The van der Waals surface area contributed by atoms with Crippen LogP contribution in [0, 0.1) is 0 Å². The standard InChI is InChI=1S/C18H20N4O4/c23-16-18(25-8-9-26-18)13-10-12(4-5-14(13)19-16)22-11-15(20-21-22)17(24)6-2-1-3-7-17/h4-5,10-11,24H,1-3,6-9H2,(H,19,23). The maximum Gasteiger partial charge on any atom is 0.289 e. The molecule has 2 fully saturated rings. The third kappa shape index (κ3) is 2.22. The van der Waals surface area contributed by atoms with Gasteiger partial charge in [-0.05, 0) is 31.0 Å². The van der Waals surface area contributed by atoms with Crippen LogP contribution in [0.15, 0.2) is 24.4 Å². The van der Waals surface area contributed by atoms with Gasteiger partial charge in [0.05, 0.1) is 30.8 Å². The van der Waals surface area contributed by atoms with Gasteiger partial charge in [-0.15, -0.1) is 5.10 Å². The Morgan fingerprint density at radius 3 is 2.69 bits per heavy atom. The fourth-order valence-electron chi connectivity index (χ4n) is 4.08. The highest BCUT2D eigenvalue weighted by molar-refractivity contribution is 6.04. The molecular weight excluding hydrogens is 336 g/mol. The number of carbonyl (C=O) groups excluding carboxylic acids is 1. The van der Waals surface area contributed by atoms with Crippen molar-refractivity contribution in [3.8, 4) is 5.69 Å². The lowest BCUT2D eigenvalue weighted by Gasteiger charge is -2.29. The Hall–Kier alpha value is -2.29. The molecule has 8 heteroatoms. The van der Waals surface area contributed by atoms with Crippen LogP contribution in [0.5, 0.6) is 0 Å². The van der Waals surface area contributed by atoms with E-state index in [0.717, 1.165) is 24.9 Å². The number of hydrogen-bond acceptors (Lipinski definition) is 6. The topological polar surface area (TPSA) is 98.5 Å². The second-order valence-electron chi connectivity index (χ2n) is 7.14. The SMILES string of the molecule is O=C1Nc2ccc(-n3cc(C4(O)CCCCC4)nn3)cc2C12OCCO2. The van der Waals surface area contributed by atoms with Gasteiger partial charge in [0.2, 0.25) is 0 Å². The Labute approximate surface area is 150 Å². The Bertz CT molecular complexity index is 866. The third-order valence-corrected chi connectivity index (χ3v) is 5.51. The minimum Gasteiger partial charge on any atom is -0.383 e. The number of hydrogen-bond donors (Lipinski definition) is 2. The normalized spacial score (nSPS) is 23.2. The zero-order valence-corrected chi connectivity index (χ0v) is 14.3. The van der Waals surface area contributed by atoms with Gasteiger partial charge < -0.3 is 19.9 Å². The minimum absolute atomic E-state index is 0.307. The number of aliphatic hydroxyl groups is 1. The van der Waals surface area contributed by atoms with Crippen molar-refractivity contribution in [1.82, 2.24) is 15.0 Å². The van der Waals surface area contributed by atoms with Gasteiger partial charge in [0, 0.05) is 5.56 Å². The summed E-state index contributed by atoms with van der Waals surface area (Å²) in [6, 6.07) is 5.47. The molecule has 8 nitrogen and oxygen atoms in total. The van der Waals surface area contributed by atoms with Crippen molar-refractivity contribution in [1.29, 1.82) is 0 Å². The lowest BCUT2D eigenvalue weighted by atomic mass is 9.83. The van der Waals surface area contributed by atoms with Crippen LogP contribution in [0.1, 0.15) is 43.4 Å². The van der Waals surface area contributed by atoms with Crippen molar-refractivity contribution < 1.29 is 19.4 Å². The van der Waals surface area contributed by atoms with Gasteiger partial charge in [0.15, 0.2) is 0 Å². The number of rotatable bonds is 2. The maximum absolute atomic E-state index is 12.3. The van der Waals surface area contributed by atoms with Gasteiger partial charge >= 0.3 is 0 Å². The number of anilines is 1. The Kier molecular flexibility index (Phi) is 3.43. The first-order valence-electron chi connectivity index (χ1n) is 9.00. The van der Waals surface area contributed by atoms with E-state index in [1.807, 2.05) is 12.1 Å². The van der Waals surface area contributed by atoms with E-state index >= 15 is 0 Å². The summed E-state index contributed by atoms with van der Waals surface area (Å²) in [4.78, 5) is 12.3. The Morgan fingerprint density at radius 1 is 1.15 bits per heavy atom. The van der Waals surface area contributed by atoms with Crippen molar-refractivity contribution in [3.63, 3.8) is 0 Å². The summed E-state index contributed by atoms with van der Waals surface area (Å²) in [7, 11) is 0. The number of benzene rings is 1. The molecule has 0 unspecified atom stereocenters. The Balaban J connectivity index is 1.51. The molecule has 2 aromatic rings. The number of amides is 1. The number of ether oxygens (including phenoxy) is 2. The van der Waals surface area contributed by atoms with E-state index in [0.29, 0.717) is 43.0 Å². The number of aromatic nitrogens is 3. The second-order valence-corrected chi connectivity index (χ2v) is 7.14. The van der Waals surface area contributed by atoms with Crippen molar-refractivity contribution in [3.05, 3.63) is 35.7 Å². The summed E-state index contributed by atoms with van der Waals surface area (Å²) in [6.45, 7) is 0.745. The van der Waals surface area contributed by atoms with Crippen LogP contribution in [0.3, 0.4) is 0 Å². The number of carbonyl (C=O) groups is 1. The second kappa shape index (κ2) is 5.60. The Morgan fingerprint density at radius 2 is 1.92 bits per heavy atom. The molecule has 2 N–H and O–H groups in total. The lowest BCUT2D eigenvalue weighted by molar-refractivity contribution is -0.178. The van der Waals surface area contributed by atoms with Gasteiger partial charge in [-0.25, -0.2) is 4.68 Å². The molecule has 1 saturated carbocycles. The van der Waals surface area contributed by atoms with Gasteiger partial charge in [-0.3, -0.25) is 4.79 Å². The van der Waals surface area contributed by atoms with Crippen molar-refractivity contribution in [2.24, 2.45) is 0 Å². The summed E-state index contributed by atoms with van der Waals surface area (Å²) in [5.74, 6) is -1.67. The summed E-state index contributed by atoms with van der Waals surface area (Å²) in [5.41, 5.74) is 1.74. The van der Waals surface area contributed by atoms with E-state index in [-0.39, 0.29) is 5.91 Å². The monoisotopic (exact) mass is 356 g/mol. The zero-order chi connectivity index (χ0) is 17.8. The summed E-state index contributed by atoms with van der Waals surface area (Å²) < 4.78 is 12.9. The number of fused-ring (bicyclic) bond motifs is 2. The van der Waals surface area contributed by atoms with Gasteiger partial charge in [0.25, 0.3) is 11.7 Å². The molecule has 136 valence electrons. The molecular formula is C18H20N4O4. The van der Waals surface area contributed by atoms with Crippen molar-refractivity contribution >= 4 is 11.6 Å². The largest absolute Gasteiger partial charge is 0.383 e. The lowest BCUT2D eigenvalue weighted by Crippen LogP contribution is -2.35. The fraction of sp³-hybridized carbons (Fsp3) is 0.500. The van der Waals surface area contributed by atoms with E-state index in [1.54, 1.807) is 16.9 Å². The molecule has 1 aromatic heterocycles. The van der Waals surface area contributed by atoms with E-state index < -0.39 is 11.4 Å². The fourth-order valence-corrected chi connectivity index (χ4v) is 4.08. The molecule has 1 aromatic carbocycles. The zero-order valence-electron chi connectivity index (χ0n) is 14.3. The van der Waals surface area contributed by atoms with E-state index in [2.05, 4.69) is 15.6 Å². The van der Waals surface area contributed by atoms with E-state index in [4.69, 9.17) is 9.47 Å². The molecule has 1 spiro atoms. The molecule has 2 aliphatic heterocycles. The summed E-state index contributed by atoms with van der Waals surface area (Å²) in [5, 5.41) is 22.0. The molecule has 1 amide bonds. The van der Waals surface area contributed by atoms with Crippen LogP contribution in [0.4, 0.5) is 5.69 Å². The molecule has 5 rings (SSSR count). The molecule has 1 aliphatic carbocycles. The van der Waals surface area contributed by atoms with E-state index in [9.17, 15) is 9.90 Å². The molecule has 3 aliphatic rings. The first-order chi connectivity index (χ1) is 12.6. The van der Waals surface area contributed by atoms with Crippen LogP contribution >= 0.6 is 0 Å². The quantitative estimate of drug-likeness (QED) is 0.848.